The highest BCUT2D eigenvalue weighted by molar-refractivity contribution is 5.92. The number of carbonyl (C=O) groups is 1. The van der Waals surface area contributed by atoms with Crippen LogP contribution in [0.5, 0.6) is 0 Å². The summed E-state index contributed by atoms with van der Waals surface area (Å²) in [7, 11) is 0. The zero-order chi connectivity index (χ0) is 16.5. The Balaban J connectivity index is 2.43. The summed E-state index contributed by atoms with van der Waals surface area (Å²) in [5.74, 6) is -0.300. The Morgan fingerprint density at radius 3 is 2.59 bits per heavy atom. The van der Waals surface area contributed by atoms with Gasteiger partial charge in [0, 0.05) is 11.7 Å². The molecule has 0 spiro atoms. The molecule has 1 aromatic carbocycles. The lowest BCUT2D eigenvalue weighted by atomic mass is 10.0. The number of hydrogen-bond donors (Lipinski definition) is 2. The number of nitrogens with one attached hydrogen (secondary N) is 1. The van der Waals surface area contributed by atoms with Gasteiger partial charge in [-0.1, -0.05) is 19.1 Å². The first kappa shape index (κ1) is 18.6. The molecule has 5 heteroatoms. The Hall–Kier alpha value is -1.43. The third-order valence-corrected chi connectivity index (χ3v) is 3.34. The van der Waals surface area contributed by atoms with Gasteiger partial charge in [-0.3, -0.25) is 4.79 Å². The van der Waals surface area contributed by atoms with Crippen LogP contribution in [-0.4, -0.2) is 31.3 Å². The molecule has 2 atom stereocenters. The van der Waals surface area contributed by atoms with Gasteiger partial charge in [-0.15, -0.1) is 0 Å². The number of benzene rings is 1. The standard InChI is InChI=1S/C17H28N2O3/c1-12(2)22-9-8-21-11-15-6-5-7-16(10-15)19-17(20)13(3)14(4)18/h5-7,10,12-14H,8-9,11,18H2,1-4H3,(H,19,20). The molecular weight excluding hydrogens is 280 g/mol. The average Bonchev–Trinajstić information content (AvgIpc) is 2.46. The van der Waals surface area contributed by atoms with E-state index in [0.29, 0.717) is 19.8 Å². The molecule has 0 saturated heterocycles. The number of carbonyl (C=O) groups excluding carboxylic acids is 1. The number of anilines is 1. The molecule has 0 saturated carbocycles. The van der Waals surface area contributed by atoms with Crippen molar-refractivity contribution >= 4 is 11.6 Å². The number of nitrogens with two attached hydrogens (primary N) is 1. The molecule has 0 fully saturated rings. The third kappa shape index (κ3) is 7.02. The Kier molecular flexibility index (Phi) is 8.09. The fourth-order valence-corrected chi connectivity index (χ4v) is 1.77. The maximum Gasteiger partial charge on any atom is 0.228 e. The van der Waals surface area contributed by atoms with Gasteiger partial charge in [-0.25, -0.2) is 0 Å². The third-order valence-electron chi connectivity index (χ3n) is 3.34. The van der Waals surface area contributed by atoms with Crippen LogP contribution in [0, 0.1) is 5.92 Å². The summed E-state index contributed by atoms with van der Waals surface area (Å²) < 4.78 is 11.0. The van der Waals surface area contributed by atoms with Crippen LogP contribution < -0.4 is 11.1 Å². The number of amides is 1. The summed E-state index contributed by atoms with van der Waals surface area (Å²) in [6.07, 6.45) is 0.217. The highest BCUT2D eigenvalue weighted by Crippen LogP contribution is 2.13. The van der Waals surface area contributed by atoms with Crippen molar-refractivity contribution in [2.75, 3.05) is 18.5 Å². The van der Waals surface area contributed by atoms with Crippen molar-refractivity contribution in [2.45, 2.75) is 46.4 Å². The maximum atomic E-state index is 12.0. The molecule has 22 heavy (non-hydrogen) atoms. The quantitative estimate of drug-likeness (QED) is 0.688. The molecule has 0 aliphatic carbocycles. The normalized spacial score (nSPS) is 13.9. The van der Waals surface area contributed by atoms with Crippen molar-refractivity contribution in [3.05, 3.63) is 29.8 Å². The summed E-state index contributed by atoms with van der Waals surface area (Å²) in [5.41, 5.74) is 7.51. The van der Waals surface area contributed by atoms with Crippen LogP contribution in [0.1, 0.15) is 33.3 Å². The van der Waals surface area contributed by atoms with E-state index in [4.69, 9.17) is 15.2 Å². The molecule has 0 bridgehead atoms. The smallest absolute Gasteiger partial charge is 0.228 e. The first-order chi connectivity index (χ1) is 10.4. The van der Waals surface area contributed by atoms with Crippen LogP contribution in [0.25, 0.3) is 0 Å². The first-order valence-electron chi connectivity index (χ1n) is 7.75. The van der Waals surface area contributed by atoms with E-state index in [1.807, 2.05) is 52.0 Å². The minimum atomic E-state index is -0.229. The number of hydrogen-bond acceptors (Lipinski definition) is 4. The molecule has 0 aliphatic rings. The van der Waals surface area contributed by atoms with Gasteiger partial charge in [-0.05, 0) is 38.5 Å². The van der Waals surface area contributed by atoms with Crippen LogP contribution in [0.2, 0.25) is 0 Å². The van der Waals surface area contributed by atoms with E-state index >= 15 is 0 Å². The molecule has 2 unspecified atom stereocenters. The van der Waals surface area contributed by atoms with Gasteiger partial charge in [0.2, 0.25) is 5.91 Å². The lowest BCUT2D eigenvalue weighted by Crippen LogP contribution is -2.34. The molecule has 5 nitrogen and oxygen atoms in total. The van der Waals surface area contributed by atoms with Crippen molar-refractivity contribution in [3.8, 4) is 0 Å². The Bertz CT molecular complexity index is 461. The summed E-state index contributed by atoms with van der Waals surface area (Å²) in [6.45, 7) is 9.27. The minimum absolute atomic E-state index is 0.0709. The van der Waals surface area contributed by atoms with E-state index in [1.54, 1.807) is 0 Å². The van der Waals surface area contributed by atoms with Gasteiger partial charge in [0.25, 0.3) is 0 Å². The second-order valence-electron chi connectivity index (χ2n) is 5.81. The Morgan fingerprint density at radius 2 is 1.95 bits per heavy atom. The second kappa shape index (κ2) is 9.56. The van der Waals surface area contributed by atoms with Gasteiger partial charge in [-0.2, -0.15) is 0 Å². The highest BCUT2D eigenvalue weighted by atomic mass is 16.5. The Labute approximate surface area is 133 Å². The Morgan fingerprint density at radius 1 is 1.23 bits per heavy atom. The van der Waals surface area contributed by atoms with Crippen molar-refractivity contribution in [1.29, 1.82) is 0 Å². The van der Waals surface area contributed by atoms with Gasteiger partial charge in [0.1, 0.15) is 0 Å². The van der Waals surface area contributed by atoms with Crippen molar-refractivity contribution in [3.63, 3.8) is 0 Å². The number of rotatable bonds is 9. The number of ether oxygens (including phenoxy) is 2. The van der Waals surface area contributed by atoms with Gasteiger partial charge >= 0.3 is 0 Å². The van der Waals surface area contributed by atoms with Crippen LogP contribution in [-0.2, 0) is 20.9 Å². The van der Waals surface area contributed by atoms with Crippen LogP contribution in [0.15, 0.2) is 24.3 Å². The molecule has 1 rings (SSSR count). The van der Waals surface area contributed by atoms with Gasteiger partial charge in [0.05, 0.1) is 31.8 Å². The highest BCUT2D eigenvalue weighted by Gasteiger charge is 2.16. The molecule has 0 aliphatic heterocycles. The van der Waals surface area contributed by atoms with Gasteiger partial charge in [0.15, 0.2) is 0 Å². The largest absolute Gasteiger partial charge is 0.376 e. The lowest BCUT2D eigenvalue weighted by molar-refractivity contribution is -0.119. The predicted molar refractivity (Wildman–Crippen MR) is 88.6 cm³/mol. The minimum Gasteiger partial charge on any atom is -0.376 e. The zero-order valence-electron chi connectivity index (χ0n) is 14.0. The van der Waals surface area contributed by atoms with E-state index in [0.717, 1.165) is 11.3 Å². The lowest BCUT2D eigenvalue weighted by Gasteiger charge is -2.15. The molecule has 0 heterocycles. The van der Waals surface area contributed by atoms with Crippen LogP contribution in [0.4, 0.5) is 5.69 Å². The predicted octanol–water partition coefficient (Wildman–Crippen LogP) is 2.55. The first-order valence-corrected chi connectivity index (χ1v) is 7.75. The van der Waals surface area contributed by atoms with E-state index in [-0.39, 0.29) is 24.0 Å². The van der Waals surface area contributed by atoms with E-state index in [9.17, 15) is 4.79 Å². The summed E-state index contributed by atoms with van der Waals surface area (Å²) >= 11 is 0. The molecule has 1 amide bonds. The molecule has 0 radical (unpaired) electrons. The van der Waals surface area contributed by atoms with E-state index in [2.05, 4.69) is 5.32 Å². The van der Waals surface area contributed by atoms with Crippen molar-refractivity contribution < 1.29 is 14.3 Å². The monoisotopic (exact) mass is 308 g/mol. The van der Waals surface area contributed by atoms with Crippen LogP contribution >= 0.6 is 0 Å². The summed E-state index contributed by atoms with van der Waals surface area (Å²) in [5, 5.41) is 2.88. The van der Waals surface area contributed by atoms with Crippen LogP contribution in [0.3, 0.4) is 0 Å². The summed E-state index contributed by atoms with van der Waals surface area (Å²) in [4.78, 5) is 12.0. The van der Waals surface area contributed by atoms with E-state index in [1.165, 1.54) is 0 Å². The molecule has 1 aromatic rings. The second-order valence-corrected chi connectivity index (χ2v) is 5.81. The molecule has 3 N–H and O–H groups in total. The van der Waals surface area contributed by atoms with Crippen molar-refractivity contribution in [2.24, 2.45) is 11.7 Å². The average molecular weight is 308 g/mol. The molecular formula is C17H28N2O3. The summed E-state index contributed by atoms with van der Waals surface area (Å²) in [6, 6.07) is 7.46. The maximum absolute atomic E-state index is 12.0. The topological polar surface area (TPSA) is 73.6 Å². The fourth-order valence-electron chi connectivity index (χ4n) is 1.77. The van der Waals surface area contributed by atoms with Crippen molar-refractivity contribution in [1.82, 2.24) is 0 Å². The fraction of sp³-hybridized carbons (Fsp3) is 0.588. The molecule has 124 valence electrons. The van der Waals surface area contributed by atoms with Gasteiger partial charge < -0.3 is 20.5 Å². The zero-order valence-corrected chi connectivity index (χ0v) is 14.0. The SMILES string of the molecule is CC(C)OCCOCc1cccc(NC(=O)C(C)C(C)N)c1. The molecule has 0 aromatic heterocycles. The van der Waals surface area contributed by atoms with E-state index < -0.39 is 0 Å².